The van der Waals surface area contributed by atoms with E-state index in [0.29, 0.717) is 18.2 Å². The molecule has 10 nitrogen and oxygen atoms in total. The van der Waals surface area contributed by atoms with Gasteiger partial charge in [0.15, 0.2) is 0 Å². The number of hydrogen-bond donors (Lipinski definition) is 6. The number of nitrogens with two attached hydrogens (primary N) is 1. The monoisotopic (exact) mass is 442 g/mol. The summed E-state index contributed by atoms with van der Waals surface area (Å²) in [6.07, 6.45) is 3.29. The summed E-state index contributed by atoms with van der Waals surface area (Å²) in [5.41, 5.74) is 4.29. The molecular formula is C19H34N6O4S. The topological polar surface area (TPSA) is 154 Å². The van der Waals surface area contributed by atoms with Gasteiger partial charge < -0.3 is 32.3 Å². The molecule has 170 valence electrons. The molecule has 5 amide bonds. The molecule has 0 spiro atoms. The maximum absolute atomic E-state index is 12.2. The Morgan fingerprint density at radius 2 is 1.83 bits per heavy atom. The molecule has 0 radical (unpaired) electrons. The molecule has 0 saturated carbocycles. The molecule has 0 aliphatic carbocycles. The maximum Gasteiger partial charge on any atom is 0.315 e. The van der Waals surface area contributed by atoms with Crippen LogP contribution in [0.3, 0.4) is 0 Å². The summed E-state index contributed by atoms with van der Waals surface area (Å²) in [7, 11) is 0. The number of rotatable bonds is 12. The Hall–Kier alpha value is -2.01. The molecule has 0 aromatic rings. The van der Waals surface area contributed by atoms with Gasteiger partial charge in [0.25, 0.3) is 0 Å². The number of amides is 5. The first-order valence-corrected chi connectivity index (χ1v) is 11.5. The van der Waals surface area contributed by atoms with Gasteiger partial charge in [0.2, 0.25) is 17.7 Å². The zero-order valence-electron chi connectivity index (χ0n) is 17.7. The maximum atomic E-state index is 12.2. The highest BCUT2D eigenvalue weighted by molar-refractivity contribution is 8.00. The number of hydrogen-bond acceptors (Lipinski definition) is 6. The summed E-state index contributed by atoms with van der Waals surface area (Å²) in [5, 5.41) is 14.4. The number of urea groups is 1. The Morgan fingerprint density at radius 3 is 2.57 bits per heavy atom. The van der Waals surface area contributed by atoms with Gasteiger partial charge in [-0.15, -0.1) is 0 Å². The molecule has 0 aromatic heterocycles. The fourth-order valence-corrected chi connectivity index (χ4v) is 5.10. The van der Waals surface area contributed by atoms with E-state index in [1.165, 1.54) is 0 Å². The third kappa shape index (κ3) is 7.35. The highest BCUT2D eigenvalue weighted by Crippen LogP contribution is 2.33. The van der Waals surface area contributed by atoms with Crippen LogP contribution in [0.2, 0.25) is 0 Å². The van der Waals surface area contributed by atoms with Crippen LogP contribution in [-0.2, 0) is 14.4 Å². The average Bonchev–Trinajstić information content (AvgIpc) is 3.21. The number of nitrogens with one attached hydrogen (secondary N) is 5. The zero-order chi connectivity index (χ0) is 22.1. The smallest absolute Gasteiger partial charge is 0.315 e. The van der Waals surface area contributed by atoms with Crippen LogP contribution < -0.4 is 32.3 Å². The molecule has 2 unspecified atom stereocenters. The van der Waals surface area contributed by atoms with E-state index in [1.54, 1.807) is 13.8 Å². The molecule has 2 heterocycles. The Bertz CT molecular complexity index is 645. The summed E-state index contributed by atoms with van der Waals surface area (Å²) in [4.78, 5) is 47.1. The van der Waals surface area contributed by atoms with Crippen molar-refractivity contribution in [3.63, 3.8) is 0 Å². The number of fused-ring (bicyclic) bond motifs is 1. The largest absolute Gasteiger partial charge is 0.354 e. The van der Waals surface area contributed by atoms with E-state index >= 15 is 0 Å². The molecule has 11 heteroatoms. The van der Waals surface area contributed by atoms with Crippen LogP contribution in [-0.4, -0.2) is 72.0 Å². The first kappa shape index (κ1) is 24.3. The quantitative estimate of drug-likeness (QED) is 0.172. The van der Waals surface area contributed by atoms with Crippen molar-refractivity contribution in [1.82, 2.24) is 26.6 Å². The van der Waals surface area contributed by atoms with Crippen molar-refractivity contribution in [2.75, 3.05) is 25.4 Å². The molecule has 2 aliphatic heterocycles. The van der Waals surface area contributed by atoms with Gasteiger partial charge in [0.05, 0.1) is 12.1 Å². The number of carbonyl (C=O) groups is 4. The Morgan fingerprint density at radius 1 is 1.10 bits per heavy atom. The van der Waals surface area contributed by atoms with Crippen LogP contribution in [0.25, 0.3) is 0 Å². The molecule has 2 aliphatic rings. The van der Waals surface area contributed by atoms with Crippen LogP contribution in [0.5, 0.6) is 0 Å². The second kappa shape index (κ2) is 11.4. The van der Waals surface area contributed by atoms with Crippen molar-refractivity contribution in [2.45, 2.75) is 68.8 Å². The van der Waals surface area contributed by atoms with Crippen molar-refractivity contribution in [2.24, 2.45) is 5.73 Å². The van der Waals surface area contributed by atoms with Crippen molar-refractivity contribution < 1.29 is 19.2 Å². The molecule has 0 aromatic carbocycles. The minimum atomic E-state index is -1.04. The number of carbonyl (C=O) groups excluding carboxylic acids is 4. The van der Waals surface area contributed by atoms with E-state index in [9.17, 15) is 19.2 Å². The molecule has 2 fully saturated rings. The Labute approximate surface area is 181 Å². The van der Waals surface area contributed by atoms with Gasteiger partial charge in [-0.2, -0.15) is 11.8 Å². The molecule has 7 N–H and O–H groups in total. The van der Waals surface area contributed by atoms with E-state index in [-0.39, 0.29) is 55.3 Å². The predicted octanol–water partition coefficient (Wildman–Crippen LogP) is -0.812. The standard InChI is InChI=1S/C19H34N6O4S/c1-19(2,25-15(27)7-8-20)17(28)22-10-9-21-14(26)6-4-3-5-13-16-12(11-30-13)23-18(29)24-16/h12-13,16H,3-11,20H2,1-2H3,(H,21,26)(H,22,28)(H,25,27)(H2,23,24,29)/t12?,13?,16-/m0/s1. The highest BCUT2D eigenvalue weighted by Gasteiger charge is 2.42. The lowest BCUT2D eigenvalue weighted by Crippen LogP contribution is -2.55. The van der Waals surface area contributed by atoms with Gasteiger partial charge in [-0.05, 0) is 26.7 Å². The highest BCUT2D eigenvalue weighted by atomic mass is 32.2. The minimum Gasteiger partial charge on any atom is -0.354 e. The third-order valence-electron chi connectivity index (χ3n) is 5.20. The number of thioether (sulfide) groups is 1. The summed E-state index contributed by atoms with van der Waals surface area (Å²) in [5.74, 6) is 0.299. The second-order valence-electron chi connectivity index (χ2n) is 8.19. The fourth-order valence-electron chi connectivity index (χ4n) is 3.56. The predicted molar refractivity (Wildman–Crippen MR) is 116 cm³/mol. The molecule has 2 saturated heterocycles. The van der Waals surface area contributed by atoms with Crippen LogP contribution in [0.15, 0.2) is 0 Å². The van der Waals surface area contributed by atoms with Crippen LogP contribution in [0.4, 0.5) is 4.79 Å². The molecule has 0 bridgehead atoms. The van der Waals surface area contributed by atoms with Gasteiger partial charge >= 0.3 is 6.03 Å². The Kier molecular flexibility index (Phi) is 9.22. The molecule has 30 heavy (non-hydrogen) atoms. The molecular weight excluding hydrogens is 408 g/mol. The first-order valence-electron chi connectivity index (χ1n) is 10.5. The lowest BCUT2D eigenvalue weighted by Gasteiger charge is -2.25. The van der Waals surface area contributed by atoms with Crippen molar-refractivity contribution >= 4 is 35.5 Å². The van der Waals surface area contributed by atoms with Crippen molar-refractivity contribution in [3.05, 3.63) is 0 Å². The van der Waals surface area contributed by atoms with Gasteiger partial charge in [-0.1, -0.05) is 6.42 Å². The summed E-state index contributed by atoms with van der Waals surface area (Å²) in [6.45, 7) is 4.08. The van der Waals surface area contributed by atoms with E-state index in [4.69, 9.17) is 5.73 Å². The van der Waals surface area contributed by atoms with Crippen LogP contribution in [0.1, 0.15) is 46.0 Å². The third-order valence-corrected chi connectivity index (χ3v) is 6.71. The minimum absolute atomic E-state index is 0.0486. The summed E-state index contributed by atoms with van der Waals surface area (Å²) in [6, 6.07) is 0.345. The second-order valence-corrected chi connectivity index (χ2v) is 9.46. The molecule has 3 atom stereocenters. The number of unbranched alkanes of at least 4 members (excludes halogenated alkanes) is 1. The van der Waals surface area contributed by atoms with Crippen molar-refractivity contribution in [1.29, 1.82) is 0 Å². The first-order chi connectivity index (χ1) is 14.2. The van der Waals surface area contributed by atoms with E-state index in [2.05, 4.69) is 26.6 Å². The van der Waals surface area contributed by atoms with E-state index < -0.39 is 5.54 Å². The van der Waals surface area contributed by atoms with Gasteiger partial charge in [-0.25, -0.2) is 4.79 Å². The zero-order valence-corrected chi connectivity index (χ0v) is 18.5. The lowest BCUT2D eigenvalue weighted by molar-refractivity contribution is -0.132. The summed E-state index contributed by atoms with van der Waals surface area (Å²) >= 11 is 1.87. The van der Waals surface area contributed by atoms with E-state index in [0.717, 1.165) is 25.0 Å². The van der Waals surface area contributed by atoms with Gasteiger partial charge in [0.1, 0.15) is 5.54 Å². The van der Waals surface area contributed by atoms with Gasteiger partial charge in [-0.3, -0.25) is 14.4 Å². The normalized spacial score (nSPS) is 22.6. The lowest BCUT2D eigenvalue weighted by atomic mass is 10.0. The fraction of sp³-hybridized carbons (Fsp3) is 0.789. The summed E-state index contributed by atoms with van der Waals surface area (Å²) < 4.78 is 0. The molecule has 2 rings (SSSR count). The van der Waals surface area contributed by atoms with Crippen molar-refractivity contribution in [3.8, 4) is 0 Å². The SMILES string of the molecule is CC(C)(NC(=O)CCN)C(=O)NCCNC(=O)CCCCC1SCC2NC(=O)N[C@@H]21. The Balaban J connectivity index is 1.52. The average molecular weight is 443 g/mol. The van der Waals surface area contributed by atoms with Crippen LogP contribution in [0, 0.1) is 0 Å². The van der Waals surface area contributed by atoms with Crippen LogP contribution >= 0.6 is 11.8 Å². The van der Waals surface area contributed by atoms with Gasteiger partial charge in [0, 0.05) is 43.5 Å². The van der Waals surface area contributed by atoms with E-state index in [1.807, 2.05) is 11.8 Å².